The van der Waals surface area contributed by atoms with Crippen molar-refractivity contribution in [2.24, 2.45) is 0 Å². The molecule has 2 aromatic rings. The number of halogens is 1. The number of carbonyl (C=O) groups excluding carboxylic acids is 1. The summed E-state index contributed by atoms with van der Waals surface area (Å²) in [6.07, 6.45) is 0. The number of benzene rings is 1. The molecule has 0 aliphatic carbocycles. The SMILES string of the molecule is COc1cccc(C(=O)c2ccc(Cl)cc2)n1. The van der Waals surface area contributed by atoms with E-state index < -0.39 is 0 Å². The maximum atomic E-state index is 12.1. The second-order valence-electron chi connectivity index (χ2n) is 3.40. The molecule has 0 aliphatic heterocycles. The van der Waals surface area contributed by atoms with Crippen LogP contribution in [0.5, 0.6) is 5.88 Å². The molecular formula is C13H10ClNO2. The Morgan fingerprint density at radius 2 is 1.88 bits per heavy atom. The minimum absolute atomic E-state index is 0.152. The van der Waals surface area contributed by atoms with E-state index in [1.165, 1.54) is 7.11 Å². The number of nitrogens with zero attached hydrogens (tertiary/aromatic N) is 1. The van der Waals surface area contributed by atoms with Crippen molar-refractivity contribution in [3.8, 4) is 5.88 Å². The molecule has 0 saturated heterocycles. The Bertz CT molecular complexity index is 537. The summed E-state index contributed by atoms with van der Waals surface area (Å²) in [5.41, 5.74) is 0.904. The van der Waals surface area contributed by atoms with Gasteiger partial charge in [-0.05, 0) is 30.3 Å². The van der Waals surface area contributed by atoms with Gasteiger partial charge in [0, 0.05) is 16.7 Å². The van der Waals surface area contributed by atoms with Crippen molar-refractivity contribution in [3.63, 3.8) is 0 Å². The number of carbonyl (C=O) groups is 1. The van der Waals surface area contributed by atoms with E-state index in [0.29, 0.717) is 22.2 Å². The topological polar surface area (TPSA) is 39.2 Å². The molecule has 0 atom stereocenters. The predicted octanol–water partition coefficient (Wildman–Crippen LogP) is 2.97. The van der Waals surface area contributed by atoms with Crippen LogP contribution in [-0.2, 0) is 0 Å². The summed E-state index contributed by atoms with van der Waals surface area (Å²) in [5.74, 6) is 0.269. The third-order valence-electron chi connectivity index (χ3n) is 2.27. The van der Waals surface area contributed by atoms with Gasteiger partial charge in [0.25, 0.3) is 0 Å². The lowest BCUT2D eigenvalue weighted by molar-refractivity contribution is 0.103. The van der Waals surface area contributed by atoms with Crippen LogP contribution in [0.4, 0.5) is 0 Å². The Labute approximate surface area is 104 Å². The Morgan fingerprint density at radius 1 is 1.18 bits per heavy atom. The number of ketones is 1. The smallest absolute Gasteiger partial charge is 0.213 e. The molecular weight excluding hydrogens is 238 g/mol. The lowest BCUT2D eigenvalue weighted by Crippen LogP contribution is -2.04. The summed E-state index contributed by atoms with van der Waals surface area (Å²) in [6.45, 7) is 0. The molecule has 1 aromatic carbocycles. The van der Waals surface area contributed by atoms with Gasteiger partial charge in [0.2, 0.25) is 11.7 Å². The minimum Gasteiger partial charge on any atom is -0.481 e. The molecule has 86 valence electrons. The first-order valence-corrected chi connectivity index (χ1v) is 5.40. The third kappa shape index (κ3) is 2.63. The van der Waals surface area contributed by atoms with Gasteiger partial charge >= 0.3 is 0 Å². The van der Waals surface area contributed by atoms with E-state index in [1.807, 2.05) is 0 Å². The number of ether oxygens (including phenoxy) is 1. The fourth-order valence-electron chi connectivity index (χ4n) is 1.40. The highest BCUT2D eigenvalue weighted by molar-refractivity contribution is 6.30. The second-order valence-corrected chi connectivity index (χ2v) is 3.84. The molecule has 0 unspecified atom stereocenters. The van der Waals surface area contributed by atoms with Crippen molar-refractivity contribution in [1.29, 1.82) is 0 Å². The summed E-state index contributed by atoms with van der Waals surface area (Å²) in [7, 11) is 1.51. The Hall–Kier alpha value is -1.87. The van der Waals surface area contributed by atoms with Crippen LogP contribution in [0.15, 0.2) is 42.5 Å². The second kappa shape index (κ2) is 4.97. The maximum Gasteiger partial charge on any atom is 0.213 e. The third-order valence-corrected chi connectivity index (χ3v) is 2.52. The van der Waals surface area contributed by atoms with Crippen LogP contribution in [0.3, 0.4) is 0 Å². The van der Waals surface area contributed by atoms with Gasteiger partial charge in [0.05, 0.1) is 7.11 Å². The van der Waals surface area contributed by atoms with Crippen molar-refractivity contribution in [1.82, 2.24) is 4.98 Å². The molecule has 0 bridgehead atoms. The van der Waals surface area contributed by atoms with E-state index in [9.17, 15) is 4.79 Å². The molecule has 3 nitrogen and oxygen atoms in total. The largest absolute Gasteiger partial charge is 0.481 e. The molecule has 0 aliphatic rings. The lowest BCUT2D eigenvalue weighted by Gasteiger charge is -2.03. The highest BCUT2D eigenvalue weighted by Gasteiger charge is 2.10. The number of hydrogen-bond donors (Lipinski definition) is 0. The summed E-state index contributed by atoms with van der Waals surface area (Å²) in [5, 5.41) is 0.597. The van der Waals surface area contributed by atoms with Gasteiger partial charge in [0.15, 0.2) is 0 Å². The van der Waals surface area contributed by atoms with E-state index in [-0.39, 0.29) is 5.78 Å². The molecule has 0 amide bonds. The van der Waals surface area contributed by atoms with Crippen molar-refractivity contribution in [2.75, 3.05) is 7.11 Å². The van der Waals surface area contributed by atoms with Crippen molar-refractivity contribution < 1.29 is 9.53 Å². The first-order chi connectivity index (χ1) is 8.20. The molecule has 0 spiro atoms. The Morgan fingerprint density at radius 3 is 2.53 bits per heavy atom. The fraction of sp³-hybridized carbons (Fsp3) is 0.0769. The average Bonchev–Trinajstić information content (AvgIpc) is 2.39. The van der Waals surface area contributed by atoms with E-state index in [4.69, 9.17) is 16.3 Å². The van der Waals surface area contributed by atoms with Gasteiger partial charge in [-0.2, -0.15) is 0 Å². The summed E-state index contributed by atoms with van der Waals surface area (Å²) in [4.78, 5) is 16.1. The quantitative estimate of drug-likeness (QED) is 0.783. The molecule has 0 radical (unpaired) electrons. The van der Waals surface area contributed by atoms with E-state index in [2.05, 4.69) is 4.98 Å². The lowest BCUT2D eigenvalue weighted by atomic mass is 10.1. The van der Waals surface area contributed by atoms with Crippen LogP contribution in [0, 0.1) is 0 Å². The van der Waals surface area contributed by atoms with Gasteiger partial charge in [-0.25, -0.2) is 4.98 Å². The van der Waals surface area contributed by atoms with Gasteiger partial charge in [-0.3, -0.25) is 4.79 Å². The zero-order valence-corrected chi connectivity index (χ0v) is 9.94. The van der Waals surface area contributed by atoms with Gasteiger partial charge in [0.1, 0.15) is 5.69 Å². The first kappa shape index (κ1) is 11.6. The zero-order chi connectivity index (χ0) is 12.3. The molecule has 0 N–H and O–H groups in total. The monoisotopic (exact) mass is 247 g/mol. The molecule has 17 heavy (non-hydrogen) atoms. The number of aromatic nitrogens is 1. The summed E-state index contributed by atoms with van der Waals surface area (Å²) >= 11 is 5.76. The van der Waals surface area contributed by atoms with Crippen LogP contribution in [0.2, 0.25) is 5.02 Å². The normalized spacial score (nSPS) is 10.0. The minimum atomic E-state index is -0.152. The van der Waals surface area contributed by atoms with Gasteiger partial charge in [-0.15, -0.1) is 0 Å². The number of pyridine rings is 1. The molecule has 0 saturated carbocycles. The van der Waals surface area contributed by atoms with E-state index in [1.54, 1.807) is 42.5 Å². The van der Waals surface area contributed by atoms with E-state index >= 15 is 0 Å². The molecule has 4 heteroatoms. The average molecular weight is 248 g/mol. The van der Waals surface area contributed by atoms with Crippen LogP contribution < -0.4 is 4.74 Å². The summed E-state index contributed by atoms with van der Waals surface area (Å²) in [6, 6.07) is 11.8. The van der Waals surface area contributed by atoms with Crippen molar-refractivity contribution in [2.45, 2.75) is 0 Å². The summed E-state index contributed by atoms with van der Waals surface area (Å²) < 4.78 is 4.98. The van der Waals surface area contributed by atoms with Crippen LogP contribution in [0.1, 0.15) is 16.1 Å². The molecule has 2 rings (SSSR count). The molecule has 1 aromatic heterocycles. The van der Waals surface area contributed by atoms with Gasteiger partial charge in [-0.1, -0.05) is 17.7 Å². The number of rotatable bonds is 3. The zero-order valence-electron chi connectivity index (χ0n) is 9.18. The Kier molecular flexibility index (Phi) is 3.40. The van der Waals surface area contributed by atoms with Crippen molar-refractivity contribution in [3.05, 3.63) is 58.7 Å². The Balaban J connectivity index is 2.33. The maximum absolute atomic E-state index is 12.1. The fourth-order valence-corrected chi connectivity index (χ4v) is 1.53. The van der Waals surface area contributed by atoms with Crippen LogP contribution in [0.25, 0.3) is 0 Å². The van der Waals surface area contributed by atoms with Gasteiger partial charge < -0.3 is 4.74 Å². The number of hydrogen-bond acceptors (Lipinski definition) is 3. The van der Waals surface area contributed by atoms with E-state index in [0.717, 1.165) is 0 Å². The molecule has 1 heterocycles. The van der Waals surface area contributed by atoms with Crippen LogP contribution in [-0.4, -0.2) is 17.9 Å². The molecule has 0 fully saturated rings. The highest BCUT2D eigenvalue weighted by atomic mass is 35.5. The number of methoxy groups -OCH3 is 1. The highest BCUT2D eigenvalue weighted by Crippen LogP contribution is 2.14. The first-order valence-electron chi connectivity index (χ1n) is 5.02. The predicted molar refractivity (Wildman–Crippen MR) is 65.7 cm³/mol. The standard InChI is InChI=1S/C13H10ClNO2/c1-17-12-4-2-3-11(15-12)13(16)9-5-7-10(14)8-6-9/h2-8H,1H3. The van der Waals surface area contributed by atoms with Crippen LogP contribution >= 0.6 is 11.6 Å². The van der Waals surface area contributed by atoms with Crippen molar-refractivity contribution >= 4 is 17.4 Å².